The quantitative estimate of drug-likeness (QED) is 0.856. The number of nitrogens with one attached hydrogen (secondary N) is 2. The molecule has 5 heteroatoms. The molecule has 2 N–H and O–H groups in total. The molecule has 5 nitrogen and oxygen atoms in total. The van der Waals surface area contributed by atoms with Gasteiger partial charge in [-0.1, -0.05) is 12.1 Å². The summed E-state index contributed by atoms with van der Waals surface area (Å²) >= 11 is 0. The molecule has 20 heavy (non-hydrogen) atoms. The minimum atomic E-state index is -0.000751. The molecule has 110 valence electrons. The van der Waals surface area contributed by atoms with Crippen LogP contribution < -0.4 is 20.1 Å². The number of fused-ring (bicyclic) bond motifs is 1. The molecule has 2 rings (SSSR count). The second-order valence-corrected chi connectivity index (χ2v) is 5.12. The lowest BCUT2D eigenvalue weighted by Gasteiger charge is -2.13. The Balaban J connectivity index is 1.91. The number of benzene rings is 1. The van der Waals surface area contributed by atoms with E-state index in [1.165, 1.54) is 0 Å². The van der Waals surface area contributed by atoms with Crippen molar-refractivity contribution < 1.29 is 14.3 Å². The number of para-hydroxylation sites is 1. The van der Waals surface area contributed by atoms with Crippen LogP contribution in [-0.2, 0) is 11.3 Å². The first-order valence-corrected chi connectivity index (χ1v) is 7.04. The molecule has 0 aromatic heterocycles. The SMILES string of the molecule is CC(C)NC(=O)CNCc1cccc2c1OCCCO2. The number of carbonyl (C=O) groups is 1. The van der Waals surface area contributed by atoms with Gasteiger partial charge in [-0.15, -0.1) is 0 Å². The van der Waals surface area contributed by atoms with E-state index in [9.17, 15) is 4.79 Å². The van der Waals surface area contributed by atoms with Crippen LogP contribution >= 0.6 is 0 Å². The fraction of sp³-hybridized carbons (Fsp3) is 0.533. The van der Waals surface area contributed by atoms with Gasteiger partial charge in [0.05, 0.1) is 19.8 Å². The van der Waals surface area contributed by atoms with Gasteiger partial charge in [0.2, 0.25) is 5.91 Å². The highest BCUT2D eigenvalue weighted by Crippen LogP contribution is 2.32. The molecule has 0 radical (unpaired) electrons. The zero-order valence-electron chi connectivity index (χ0n) is 12.1. The fourth-order valence-corrected chi connectivity index (χ4v) is 2.08. The van der Waals surface area contributed by atoms with E-state index in [-0.39, 0.29) is 11.9 Å². The summed E-state index contributed by atoms with van der Waals surface area (Å²) in [5.41, 5.74) is 1.02. The molecule has 0 saturated carbocycles. The first-order chi connectivity index (χ1) is 9.66. The van der Waals surface area contributed by atoms with E-state index in [2.05, 4.69) is 10.6 Å². The predicted octanol–water partition coefficient (Wildman–Crippen LogP) is 1.46. The Hall–Kier alpha value is -1.75. The van der Waals surface area contributed by atoms with Crippen molar-refractivity contribution in [2.45, 2.75) is 32.9 Å². The second kappa shape index (κ2) is 7.14. The molecule has 0 spiro atoms. The van der Waals surface area contributed by atoms with Crippen molar-refractivity contribution in [3.63, 3.8) is 0 Å². The summed E-state index contributed by atoms with van der Waals surface area (Å²) < 4.78 is 11.4. The van der Waals surface area contributed by atoms with Crippen LogP contribution in [0, 0.1) is 0 Å². The van der Waals surface area contributed by atoms with E-state index in [1.807, 2.05) is 32.0 Å². The monoisotopic (exact) mass is 278 g/mol. The molecule has 1 aliphatic rings. The minimum absolute atomic E-state index is 0.000751. The Morgan fingerprint density at radius 1 is 1.30 bits per heavy atom. The van der Waals surface area contributed by atoms with Crippen molar-refractivity contribution in [2.75, 3.05) is 19.8 Å². The van der Waals surface area contributed by atoms with Crippen LogP contribution in [0.5, 0.6) is 11.5 Å². The zero-order chi connectivity index (χ0) is 14.4. The maximum Gasteiger partial charge on any atom is 0.234 e. The molecule has 0 atom stereocenters. The number of carbonyl (C=O) groups excluding carboxylic acids is 1. The van der Waals surface area contributed by atoms with Gasteiger partial charge in [-0.25, -0.2) is 0 Å². The molecule has 1 heterocycles. The topological polar surface area (TPSA) is 59.6 Å². The Labute approximate surface area is 119 Å². The molecule has 0 unspecified atom stereocenters. The maximum absolute atomic E-state index is 11.6. The van der Waals surface area contributed by atoms with Gasteiger partial charge in [-0.3, -0.25) is 4.79 Å². The van der Waals surface area contributed by atoms with Crippen LogP contribution in [0.2, 0.25) is 0 Å². The first-order valence-electron chi connectivity index (χ1n) is 7.04. The number of ether oxygens (including phenoxy) is 2. The van der Waals surface area contributed by atoms with Gasteiger partial charge in [0.1, 0.15) is 0 Å². The van der Waals surface area contributed by atoms with Crippen molar-refractivity contribution in [2.24, 2.45) is 0 Å². The van der Waals surface area contributed by atoms with E-state index in [0.717, 1.165) is 23.5 Å². The highest BCUT2D eigenvalue weighted by Gasteiger charge is 2.14. The third-order valence-corrected chi connectivity index (χ3v) is 2.90. The largest absolute Gasteiger partial charge is 0.490 e. The lowest BCUT2D eigenvalue weighted by atomic mass is 10.2. The van der Waals surface area contributed by atoms with Crippen LogP contribution in [0.3, 0.4) is 0 Å². The van der Waals surface area contributed by atoms with Gasteiger partial charge in [-0.2, -0.15) is 0 Å². The van der Waals surface area contributed by atoms with Gasteiger partial charge in [0.15, 0.2) is 11.5 Å². The Morgan fingerprint density at radius 2 is 2.10 bits per heavy atom. The van der Waals surface area contributed by atoms with Gasteiger partial charge in [0, 0.05) is 24.6 Å². The Morgan fingerprint density at radius 3 is 2.90 bits per heavy atom. The summed E-state index contributed by atoms with van der Waals surface area (Å²) in [4.78, 5) is 11.6. The van der Waals surface area contributed by atoms with Crippen molar-refractivity contribution in [1.82, 2.24) is 10.6 Å². The van der Waals surface area contributed by atoms with Crippen molar-refractivity contribution in [3.05, 3.63) is 23.8 Å². The van der Waals surface area contributed by atoms with E-state index < -0.39 is 0 Å². The van der Waals surface area contributed by atoms with E-state index in [4.69, 9.17) is 9.47 Å². The summed E-state index contributed by atoms with van der Waals surface area (Å²) in [5, 5.41) is 5.97. The van der Waals surface area contributed by atoms with Crippen molar-refractivity contribution >= 4 is 5.91 Å². The minimum Gasteiger partial charge on any atom is -0.490 e. The second-order valence-electron chi connectivity index (χ2n) is 5.12. The summed E-state index contributed by atoms with van der Waals surface area (Å²) in [6, 6.07) is 6.00. The normalized spacial score (nSPS) is 13.9. The summed E-state index contributed by atoms with van der Waals surface area (Å²) in [7, 11) is 0. The molecular weight excluding hydrogens is 256 g/mol. The Kier molecular flexibility index (Phi) is 5.24. The number of hydrogen-bond acceptors (Lipinski definition) is 4. The van der Waals surface area contributed by atoms with Crippen LogP contribution in [0.4, 0.5) is 0 Å². The molecule has 0 saturated heterocycles. The highest BCUT2D eigenvalue weighted by molar-refractivity contribution is 5.78. The molecule has 0 bridgehead atoms. The Bertz CT molecular complexity index is 460. The number of rotatable bonds is 5. The predicted molar refractivity (Wildman–Crippen MR) is 77.0 cm³/mol. The van der Waals surface area contributed by atoms with Crippen LogP contribution in [0.1, 0.15) is 25.8 Å². The lowest BCUT2D eigenvalue weighted by molar-refractivity contribution is -0.120. The fourth-order valence-electron chi connectivity index (χ4n) is 2.08. The van der Waals surface area contributed by atoms with E-state index in [1.54, 1.807) is 0 Å². The standard InChI is InChI=1S/C15H22N2O3/c1-11(2)17-14(18)10-16-9-12-5-3-6-13-15(12)20-8-4-7-19-13/h3,5-6,11,16H,4,7-10H2,1-2H3,(H,17,18). The van der Waals surface area contributed by atoms with Gasteiger partial charge >= 0.3 is 0 Å². The summed E-state index contributed by atoms with van der Waals surface area (Å²) in [5.74, 6) is 1.58. The maximum atomic E-state index is 11.6. The highest BCUT2D eigenvalue weighted by atomic mass is 16.5. The molecule has 1 aliphatic heterocycles. The third kappa shape index (κ3) is 4.13. The third-order valence-electron chi connectivity index (χ3n) is 2.90. The average molecular weight is 278 g/mol. The summed E-state index contributed by atoms with van der Waals surface area (Å²) in [6.07, 6.45) is 0.887. The molecule has 1 aromatic carbocycles. The summed E-state index contributed by atoms with van der Waals surface area (Å²) in [6.45, 7) is 6.11. The van der Waals surface area contributed by atoms with Crippen LogP contribution in [-0.4, -0.2) is 31.7 Å². The smallest absolute Gasteiger partial charge is 0.234 e. The molecule has 1 amide bonds. The first kappa shape index (κ1) is 14.7. The van der Waals surface area contributed by atoms with E-state index >= 15 is 0 Å². The number of hydrogen-bond donors (Lipinski definition) is 2. The lowest BCUT2D eigenvalue weighted by Crippen LogP contribution is -2.37. The molecule has 1 aromatic rings. The molecular formula is C15H22N2O3. The van der Waals surface area contributed by atoms with Gasteiger partial charge in [0.25, 0.3) is 0 Å². The zero-order valence-corrected chi connectivity index (χ0v) is 12.1. The van der Waals surface area contributed by atoms with Gasteiger partial charge < -0.3 is 20.1 Å². The van der Waals surface area contributed by atoms with Crippen molar-refractivity contribution in [3.8, 4) is 11.5 Å². The molecule has 0 aliphatic carbocycles. The van der Waals surface area contributed by atoms with Crippen molar-refractivity contribution in [1.29, 1.82) is 0 Å². The van der Waals surface area contributed by atoms with Gasteiger partial charge in [-0.05, 0) is 19.9 Å². The average Bonchev–Trinajstić information content (AvgIpc) is 2.63. The molecule has 0 fully saturated rings. The van der Waals surface area contributed by atoms with E-state index in [0.29, 0.717) is 26.3 Å². The number of amides is 1. The van der Waals surface area contributed by atoms with Crippen LogP contribution in [0.25, 0.3) is 0 Å². The van der Waals surface area contributed by atoms with Crippen LogP contribution in [0.15, 0.2) is 18.2 Å².